The van der Waals surface area contributed by atoms with Crippen molar-refractivity contribution in [3.8, 4) is 11.6 Å². The van der Waals surface area contributed by atoms with Crippen molar-refractivity contribution in [2.75, 3.05) is 5.01 Å². The first-order valence-electron chi connectivity index (χ1n) is 10.0. The standard InChI is InChI=1S/C24H22N4O4/c1-13-6-5-7-17(11-13)27-22(30)19(21(29)25-24(27)32)12-18-16(4)26-28(23(18)31)20-9-8-14(2)10-15(20)3/h5-12,30H,1-4H3,(H,25,29,32). The SMILES string of the molecule is CC1=NN(c2ccc(C)cc2C)C(=O)C1=Cc1c(O)n(-c2cccc(C)c2)c(=O)[nH]c1=O. The predicted molar refractivity (Wildman–Crippen MR) is 124 cm³/mol. The second kappa shape index (κ2) is 7.81. The summed E-state index contributed by atoms with van der Waals surface area (Å²) in [5.41, 5.74) is 2.60. The minimum absolute atomic E-state index is 0.153. The van der Waals surface area contributed by atoms with E-state index in [-0.39, 0.29) is 11.1 Å². The van der Waals surface area contributed by atoms with E-state index in [0.29, 0.717) is 17.1 Å². The van der Waals surface area contributed by atoms with Crippen molar-refractivity contribution in [1.29, 1.82) is 0 Å². The third kappa shape index (κ3) is 3.56. The highest BCUT2D eigenvalue weighted by Crippen LogP contribution is 2.29. The van der Waals surface area contributed by atoms with Crippen molar-refractivity contribution in [2.24, 2.45) is 5.10 Å². The second-order valence-corrected chi connectivity index (χ2v) is 7.82. The highest BCUT2D eigenvalue weighted by atomic mass is 16.3. The Morgan fingerprint density at radius 1 is 0.969 bits per heavy atom. The molecule has 0 fully saturated rings. The van der Waals surface area contributed by atoms with Gasteiger partial charge in [-0.25, -0.2) is 9.36 Å². The molecule has 0 unspecified atom stereocenters. The predicted octanol–water partition coefficient (Wildman–Crippen LogP) is 2.96. The lowest BCUT2D eigenvalue weighted by molar-refractivity contribution is -0.114. The number of aromatic hydroxyl groups is 1. The van der Waals surface area contributed by atoms with Gasteiger partial charge in [-0.2, -0.15) is 10.1 Å². The number of aromatic nitrogens is 2. The molecule has 8 nitrogen and oxygen atoms in total. The molecule has 32 heavy (non-hydrogen) atoms. The average Bonchev–Trinajstić information content (AvgIpc) is 2.98. The van der Waals surface area contributed by atoms with E-state index in [1.807, 2.05) is 45.0 Å². The second-order valence-electron chi connectivity index (χ2n) is 7.82. The molecule has 2 aromatic carbocycles. The summed E-state index contributed by atoms with van der Waals surface area (Å²) in [6, 6.07) is 12.6. The van der Waals surface area contributed by atoms with Gasteiger partial charge in [-0.15, -0.1) is 0 Å². The molecule has 162 valence electrons. The average molecular weight is 430 g/mol. The van der Waals surface area contributed by atoms with Crippen molar-refractivity contribution in [2.45, 2.75) is 27.7 Å². The fraction of sp³-hybridized carbons (Fsp3) is 0.167. The van der Waals surface area contributed by atoms with Crippen molar-refractivity contribution >= 4 is 23.4 Å². The molecule has 4 rings (SSSR count). The zero-order valence-electron chi connectivity index (χ0n) is 18.1. The highest BCUT2D eigenvalue weighted by molar-refractivity contribution is 6.32. The summed E-state index contributed by atoms with van der Waals surface area (Å²) in [4.78, 5) is 40.3. The molecule has 1 aliphatic heterocycles. The van der Waals surface area contributed by atoms with Crippen LogP contribution in [-0.4, -0.2) is 26.3 Å². The number of carbonyl (C=O) groups excluding carboxylic acids is 1. The van der Waals surface area contributed by atoms with Gasteiger partial charge >= 0.3 is 5.69 Å². The van der Waals surface area contributed by atoms with Gasteiger partial charge in [0, 0.05) is 0 Å². The van der Waals surface area contributed by atoms with Crippen molar-refractivity contribution in [3.63, 3.8) is 0 Å². The Labute approximate surface area is 183 Å². The monoisotopic (exact) mass is 430 g/mol. The van der Waals surface area contributed by atoms with Gasteiger partial charge < -0.3 is 5.11 Å². The molecule has 0 bridgehead atoms. The lowest BCUT2D eigenvalue weighted by Crippen LogP contribution is -2.30. The number of nitrogens with zero attached hydrogens (tertiary/aromatic N) is 3. The molecule has 8 heteroatoms. The zero-order valence-corrected chi connectivity index (χ0v) is 18.1. The van der Waals surface area contributed by atoms with Gasteiger partial charge in [-0.05, 0) is 63.1 Å². The molecule has 1 aromatic heterocycles. The summed E-state index contributed by atoms with van der Waals surface area (Å²) >= 11 is 0. The maximum atomic E-state index is 13.1. The van der Waals surface area contributed by atoms with Crippen LogP contribution in [0.15, 0.2) is 62.7 Å². The Morgan fingerprint density at radius 2 is 1.69 bits per heavy atom. The number of anilines is 1. The summed E-state index contributed by atoms with van der Waals surface area (Å²) < 4.78 is 0.995. The first-order valence-corrected chi connectivity index (χ1v) is 10.0. The van der Waals surface area contributed by atoms with Gasteiger partial charge in [0.1, 0.15) is 5.56 Å². The number of H-pyrrole nitrogens is 1. The van der Waals surface area contributed by atoms with E-state index in [1.165, 1.54) is 11.1 Å². The largest absolute Gasteiger partial charge is 0.494 e. The van der Waals surface area contributed by atoms with Gasteiger partial charge in [-0.1, -0.05) is 29.8 Å². The summed E-state index contributed by atoms with van der Waals surface area (Å²) in [6.45, 7) is 7.34. The normalized spacial score (nSPS) is 14.9. The van der Waals surface area contributed by atoms with Gasteiger partial charge in [0.25, 0.3) is 11.5 Å². The van der Waals surface area contributed by atoms with Crippen LogP contribution in [0.4, 0.5) is 5.69 Å². The summed E-state index contributed by atoms with van der Waals surface area (Å²) in [7, 11) is 0. The van der Waals surface area contributed by atoms with Crippen molar-refractivity contribution in [3.05, 3.63) is 91.1 Å². The zero-order chi connectivity index (χ0) is 23.2. The summed E-state index contributed by atoms with van der Waals surface area (Å²) in [5.74, 6) is -0.982. The molecule has 0 radical (unpaired) electrons. The van der Waals surface area contributed by atoms with Gasteiger partial charge in [-0.3, -0.25) is 14.6 Å². The number of hydrogen-bond acceptors (Lipinski definition) is 5. The van der Waals surface area contributed by atoms with Crippen LogP contribution in [0.5, 0.6) is 5.88 Å². The molecule has 0 aliphatic carbocycles. The minimum atomic E-state index is -0.797. The van der Waals surface area contributed by atoms with Crippen LogP contribution in [0.25, 0.3) is 11.8 Å². The third-order valence-corrected chi connectivity index (χ3v) is 5.31. The number of rotatable bonds is 3. The summed E-state index contributed by atoms with van der Waals surface area (Å²) in [6.07, 6.45) is 1.27. The molecule has 0 saturated heterocycles. The van der Waals surface area contributed by atoms with Crippen LogP contribution >= 0.6 is 0 Å². The number of hydrazone groups is 1. The van der Waals surface area contributed by atoms with Crippen molar-refractivity contribution < 1.29 is 9.90 Å². The highest BCUT2D eigenvalue weighted by Gasteiger charge is 2.30. The minimum Gasteiger partial charge on any atom is -0.494 e. The molecule has 1 aliphatic rings. The number of aryl methyl sites for hydroxylation is 3. The number of nitrogens with one attached hydrogen (secondary N) is 1. The summed E-state index contributed by atoms with van der Waals surface area (Å²) in [5, 5.41) is 16.4. The van der Waals surface area contributed by atoms with E-state index in [1.54, 1.807) is 25.1 Å². The van der Waals surface area contributed by atoms with E-state index in [2.05, 4.69) is 10.1 Å². The van der Waals surface area contributed by atoms with Crippen LogP contribution in [0.2, 0.25) is 0 Å². The molecule has 3 aromatic rings. The van der Waals surface area contributed by atoms with Crippen LogP contribution in [0.1, 0.15) is 29.2 Å². The maximum Gasteiger partial charge on any atom is 0.335 e. The van der Waals surface area contributed by atoms with Gasteiger partial charge in [0.05, 0.1) is 22.7 Å². The fourth-order valence-corrected chi connectivity index (χ4v) is 3.71. The Balaban J connectivity index is 1.83. The first-order chi connectivity index (χ1) is 15.2. The van der Waals surface area contributed by atoms with E-state index in [0.717, 1.165) is 21.3 Å². The Kier molecular flexibility index (Phi) is 5.14. The molecule has 0 saturated carbocycles. The van der Waals surface area contributed by atoms with E-state index in [4.69, 9.17) is 0 Å². The van der Waals surface area contributed by atoms with Crippen molar-refractivity contribution in [1.82, 2.24) is 9.55 Å². The first kappa shape index (κ1) is 21.0. The van der Waals surface area contributed by atoms with Gasteiger partial charge in [0.15, 0.2) is 0 Å². The van der Waals surface area contributed by atoms with Gasteiger partial charge in [0.2, 0.25) is 5.88 Å². The molecular formula is C24H22N4O4. The van der Waals surface area contributed by atoms with E-state index >= 15 is 0 Å². The lowest BCUT2D eigenvalue weighted by atomic mass is 10.1. The molecule has 2 N–H and O–H groups in total. The number of benzene rings is 2. The molecule has 1 amide bonds. The van der Waals surface area contributed by atoms with Crippen LogP contribution in [0.3, 0.4) is 0 Å². The third-order valence-electron chi connectivity index (χ3n) is 5.31. The van der Waals surface area contributed by atoms with Crippen LogP contribution in [0, 0.1) is 20.8 Å². The van der Waals surface area contributed by atoms with E-state index in [9.17, 15) is 19.5 Å². The number of carbonyl (C=O) groups is 1. The topological polar surface area (TPSA) is 108 Å². The number of amides is 1. The molecule has 0 atom stereocenters. The molecular weight excluding hydrogens is 408 g/mol. The maximum absolute atomic E-state index is 13.1. The molecule has 2 heterocycles. The van der Waals surface area contributed by atoms with Crippen LogP contribution < -0.4 is 16.3 Å². The Bertz CT molecular complexity index is 1440. The quantitative estimate of drug-likeness (QED) is 0.623. The van der Waals surface area contributed by atoms with E-state index < -0.39 is 23.0 Å². The Morgan fingerprint density at radius 3 is 2.38 bits per heavy atom. The Hall–Kier alpha value is -4.20. The fourth-order valence-electron chi connectivity index (χ4n) is 3.71. The number of hydrogen-bond donors (Lipinski definition) is 2. The smallest absolute Gasteiger partial charge is 0.335 e. The van der Waals surface area contributed by atoms with Crippen LogP contribution in [-0.2, 0) is 4.79 Å². The number of aromatic amines is 1. The lowest BCUT2D eigenvalue weighted by Gasteiger charge is -2.15. The molecule has 0 spiro atoms.